The molecule has 2 heterocycles. The predicted octanol–water partition coefficient (Wildman–Crippen LogP) is 2.91. The Balaban J connectivity index is 1.36. The van der Waals surface area contributed by atoms with Crippen LogP contribution in [0.4, 0.5) is 0 Å². The molecule has 1 aromatic heterocycles. The molecule has 2 aliphatic carbocycles. The second-order valence-corrected chi connectivity index (χ2v) is 7.50. The van der Waals surface area contributed by atoms with Gasteiger partial charge in [0.1, 0.15) is 0 Å². The lowest BCUT2D eigenvalue weighted by Crippen LogP contribution is -2.40. The number of carbonyl (C=O) groups excluding carboxylic acids is 1. The van der Waals surface area contributed by atoms with E-state index in [1.807, 2.05) is 11.8 Å². The molecule has 0 aromatic carbocycles. The van der Waals surface area contributed by atoms with Crippen LogP contribution in [0.2, 0.25) is 0 Å². The predicted molar refractivity (Wildman–Crippen MR) is 81.1 cm³/mol. The fourth-order valence-corrected chi connectivity index (χ4v) is 4.86. The van der Waals surface area contributed by atoms with Crippen molar-refractivity contribution in [2.45, 2.75) is 57.8 Å². The molecule has 1 aromatic rings. The molecule has 0 spiro atoms. The summed E-state index contributed by atoms with van der Waals surface area (Å²) in [7, 11) is 0. The molecule has 2 bridgehead atoms. The van der Waals surface area contributed by atoms with Crippen molar-refractivity contribution in [3.63, 3.8) is 0 Å². The second-order valence-electron chi connectivity index (χ2n) is 7.50. The zero-order valence-corrected chi connectivity index (χ0v) is 13.3. The molecule has 0 N–H and O–H groups in total. The Morgan fingerprint density at radius 1 is 1.32 bits per heavy atom. The highest BCUT2D eigenvalue weighted by Gasteiger charge is 2.41. The highest BCUT2D eigenvalue weighted by molar-refractivity contribution is 5.76. The summed E-state index contributed by atoms with van der Waals surface area (Å²) >= 11 is 0. The van der Waals surface area contributed by atoms with Gasteiger partial charge in [-0.2, -0.15) is 4.98 Å². The molecular formula is C17H25N3O2. The number of nitrogens with zero attached hydrogens (tertiary/aromatic N) is 3. The Labute approximate surface area is 131 Å². The fraction of sp³-hybridized carbons (Fsp3) is 0.824. The highest BCUT2D eigenvalue weighted by Crippen LogP contribution is 2.49. The molecule has 3 fully saturated rings. The standard InChI is InChI=1S/C17H25N3O2/c1-11-18-17(22-19-11)14-3-2-6-20(10-14)16(21)9-15-8-12-4-5-13(15)7-12/h12-15H,2-10H2,1H3. The van der Waals surface area contributed by atoms with Crippen LogP contribution in [0.5, 0.6) is 0 Å². The van der Waals surface area contributed by atoms with Crippen LogP contribution in [-0.4, -0.2) is 34.0 Å². The minimum atomic E-state index is 0.221. The Hall–Kier alpha value is -1.39. The summed E-state index contributed by atoms with van der Waals surface area (Å²) < 4.78 is 5.31. The van der Waals surface area contributed by atoms with Crippen molar-refractivity contribution in [2.24, 2.45) is 17.8 Å². The van der Waals surface area contributed by atoms with Gasteiger partial charge in [0.25, 0.3) is 0 Å². The van der Waals surface area contributed by atoms with Gasteiger partial charge < -0.3 is 9.42 Å². The molecule has 5 heteroatoms. The summed E-state index contributed by atoms with van der Waals surface area (Å²) in [5.74, 6) is 4.34. The molecule has 4 atom stereocenters. The van der Waals surface area contributed by atoms with E-state index in [2.05, 4.69) is 10.1 Å². The molecule has 1 saturated heterocycles. The minimum Gasteiger partial charge on any atom is -0.342 e. The van der Waals surface area contributed by atoms with E-state index in [-0.39, 0.29) is 5.92 Å². The summed E-state index contributed by atoms with van der Waals surface area (Å²) in [5.41, 5.74) is 0. The number of piperidine rings is 1. The summed E-state index contributed by atoms with van der Waals surface area (Å²) in [4.78, 5) is 19.1. The van der Waals surface area contributed by atoms with Gasteiger partial charge in [-0.25, -0.2) is 0 Å². The first kappa shape index (κ1) is 14.2. The molecule has 5 nitrogen and oxygen atoms in total. The largest absolute Gasteiger partial charge is 0.342 e. The lowest BCUT2D eigenvalue weighted by molar-refractivity contribution is -0.134. The first-order valence-corrected chi connectivity index (χ1v) is 8.77. The lowest BCUT2D eigenvalue weighted by atomic mass is 9.86. The average Bonchev–Trinajstić information content (AvgIpc) is 3.24. The first-order valence-electron chi connectivity index (χ1n) is 8.77. The minimum absolute atomic E-state index is 0.221. The van der Waals surface area contributed by atoms with Crippen LogP contribution in [0, 0.1) is 24.7 Å². The highest BCUT2D eigenvalue weighted by atomic mass is 16.5. The maximum absolute atomic E-state index is 12.7. The number of rotatable bonds is 3. The Morgan fingerprint density at radius 2 is 2.23 bits per heavy atom. The summed E-state index contributed by atoms with van der Waals surface area (Å²) in [6.45, 7) is 3.48. The van der Waals surface area contributed by atoms with E-state index in [0.29, 0.717) is 23.5 Å². The molecule has 4 unspecified atom stereocenters. The van der Waals surface area contributed by atoms with E-state index in [1.54, 1.807) is 0 Å². The van der Waals surface area contributed by atoms with Gasteiger partial charge in [0.2, 0.25) is 11.8 Å². The third-order valence-corrected chi connectivity index (χ3v) is 5.99. The molecule has 1 aliphatic heterocycles. The van der Waals surface area contributed by atoms with Gasteiger partial charge in [-0.05, 0) is 56.8 Å². The van der Waals surface area contributed by atoms with Crippen LogP contribution < -0.4 is 0 Å². The van der Waals surface area contributed by atoms with Gasteiger partial charge >= 0.3 is 0 Å². The van der Waals surface area contributed by atoms with Crippen molar-refractivity contribution < 1.29 is 9.32 Å². The summed E-state index contributed by atoms with van der Waals surface area (Å²) in [5, 5.41) is 3.88. The Bertz CT molecular complexity index is 556. The third kappa shape index (κ3) is 2.66. The number of aromatic nitrogens is 2. The van der Waals surface area contributed by atoms with Gasteiger partial charge in [0.05, 0.1) is 5.92 Å². The number of likely N-dealkylation sites (tertiary alicyclic amines) is 1. The van der Waals surface area contributed by atoms with Crippen LogP contribution in [0.1, 0.15) is 62.6 Å². The molecule has 2 saturated carbocycles. The molecule has 1 amide bonds. The SMILES string of the molecule is Cc1noc(C2CCCN(C(=O)CC3CC4CCC3C4)C2)n1. The fourth-order valence-electron chi connectivity index (χ4n) is 4.86. The normalized spacial score (nSPS) is 34.3. The number of hydrogen-bond donors (Lipinski definition) is 0. The van der Waals surface area contributed by atoms with E-state index in [0.717, 1.165) is 44.2 Å². The maximum Gasteiger partial charge on any atom is 0.231 e. The van der Waals surface area contributed by atoms with Crippen molar-refractivity contribution in [1.82, 2.24) is 15.0 Å². The van der Waals surface area contributed by atoms with Gasteiger partial charge in [-0.1, -0.05) is 11.6 Å². The van der Waals surface area contributed by atoms with Gasteiger partial charge in [-0.15, -0.1) is 0 Å². The molecule has 0 radical (unpaired) electrons. The molecule has 3 aliphatic rings. The Morgan fingerprint density at radius 3 is 2.91 bits per heavy atom. The van der Waals surface area contributed by atoms with Crippen molar-refractivity contribution >= 4 is 5.91 Å². The van der Waals surface area contributed by atoms with Crippen LogP contribution in [0.15, 0.2) is 4.52 Å². The topological polar surface area (TPSA) is 59.2 Å². The smallest absolute Gasteiger partial charge is 0.231 e. The molecule has 120 valence electrons. The van der Waals surface area contributed by atoms with Crippen molar-refractivity contribution in [3.8, 4) is 0 Å². The lowest BCUT2D eigenvalue weighted by Gasteiger charge is -2.32. The number of fused-ring (bicyclic) bond motifs is 2. The van der Waals surface area contributed by atoms with E-state index >= 15 is 0 Å². The van der Waals surface area contributed by atoms with Crippen LogP contribution >= 0.6 is 0 Å². The van der Waals surface area contributed by atoms with Crippen molar-refractivity contribution in [1.29, 1.82) is 0 Å². The van der Waals surface area contributed by atoms with Gasteiger partial charge in [0.15, 0.2) is 5.82 Å². The van der Waals surface area contributed by atoms with Gasteiger partial charge in [0, 0.05) is 19.5 Å². The number of aryl methyl sites for hydroxylation is 1. The van der Waals surface area contributed by atoms with Crippen LogP contribution in [0.25, 0.3) is 0 Å². The number of hydrogen-bond acceptors (Lipinski definition) is 4. The zero-order valence-electron chi connectivity index (χ0n) is 13.3. The van der Waals surface area contributed by atoms with Crippen LogP contribution in [-0.2, 0) is 4.79 Å². The summed E-state index contributed by atoms with van der Waals surface area (Å²) in [6, 6.07) is 0. The van der Waals surface area contributed by atoms with E-state index in [1.165, 1.54) is 25.7 Å². The monoisotopic (exact) mass is 303 g/mol. The molecular weight excluding hydrogens is 278 g/mol. The summed E-state index contributed by atoms with van der Waals surface area (Å²) in [6.07, 6.45) is 8.26. The molecule has 4 rings (SSSR count). The maximum atomic E-state index is 12.7. The number of carbonyl (C=O) groups is 1. The van der Waals surface area contributed by atoms with E-state index in [4.69, 9.17) is 4.52 Å². The Kier molecular flexibility index (Phi) is 3.66. The second kappa shape index (κ2) is 5.67. The number of amides is 1. The van der Waals surface area contributed by atoms with E-state index in [9.17, 15) is 4.79 Å². The van der Waals surface area contributed by atoms with Crippen molar-refractivity contribution in [2.75, 3.05) is 13.1 Å². The third-order valence-electron chi connectivity index (χ3n) is 5.99. The zero-order chi connectivity index (χ0) is 15.1. The first-order chi connectivity index (χ1) is 10.7. The van der Waals surface area contributed by atoms with Crippen LogP contribution in [0.3, 0.4) is 0 Å². The molecule has 22 heavy (non-hydrogen) atoms. The average molecular weight is 303 g/mol. The quantitative estimate of drug-likeness (QED) is 0.861. The van der Waals surface area contributed by atoms with Gasteiger partial charge in [-0.3, -0.25) is 4.79 Å². The van der Waals surface area contributed by atoms with E-state index < -0.39 is 0 Å². The van der Waals surface area contributed by atoms with Crippen molar-refractivity contribution in [3.05, 3.63) is 11.7 Å².